The minimum atomic E-state index is -0.0388. The molecule has 0 bridgehead atoms. The second kappa shape index (κ2) is 4.49. The van der Waals surface area contributed by atoms with E-state index in [2.05, 4.69) is 0 Å². The highest BCUT2D eigenvalue weighted by atomic mass is 35.5. The van der Waals surface area contributed by atoms with Gasteiger partial charge in [-0.15, -0.1) is 22.7 Å². The van der Waals surface area contributed by atoms with Crippen molar-refractivity contribution in [3.63, 3.8) is 0 Å². The van der Waals surface area contributed by atoms with E-state index in [1.54, 1.807) is 6.07 Å². The first-order chi connectivity index (χ1) is 7.50. The molecule has 0 N–H and O–H groups in total. The maximum absolute atomic E-state index is 12.1. The van der Waals surface area contributed by atoms with Crippen molar-refractivity contribution < 1.29 is 4.79 Å². The SMILES string of the molecule is Cc1cc(C(=O)c2scc(C)c2Cl)sc1Cl. The number of carbonyl (C=O) groups excluding carboxylic acids is 1. The Kier molecular flexibility index (Phi) is 3.40. The van der Waals surface area contributed by atoms with Crippen molar-refractivity contribution in [1.29, 1.82) is 0 Å². The lowest BCUT2D eigenvalue weighted by Gasteiger charge is -1.94. The van der Waals surface area contributed by atoms with E-state index in [-0.39, 0.29) is 5.78 Å². The zero-order valence-corrected chi connectivity index (χ0v) is 11.8. The lowest BCUT2D eigenvalue weighted by Crippen LogP contribution is -1.95. The highest BCUT2D eigenvalue weighted by Crippen LogP contribution is 2.33. The van der Waals surface area contributed by atoms with E-state index in [0.717, 1.165) is 11.1 Å². The van der Waals surface area contributed by atoms with Crippen molar-refractivity contribution in [3.8, 4) is 0 Å². The average molecular weight is 291 g/mol. The molecule has 16 heavy (non-hydrogen) atoms. The molecule has 0 radical (unpaired) electrons. The largest absolute Gasteiger partial charge is 0.287 e. The Balaban J connectivity index is 2.43. The summed E-state index contributed by atoms with van der Waals surface area (Å²) in [5.74, 6) is -0.0388. The van der Waals surface area contributed by atoms with E-state index < -0.39 is 0 Å². The molecule has 0 saturated heterocycles. The average Bonchev–Trinajstić information content (AvgIpc) is 2.73. The molecule has 0 aliphatic carbocycles. The van der Waals surface area contributed by atoms with E-state index >= 15 is 0 Å². The van der Waals surface area contributed by atoms with Crippen molar-refractivity contribution in [2.24, 2.45) is 0 Å². The topological polar surface area (TPSA) is 17.1 Å². The van der Waals surface area contributed by atoms with Gasteiger partial charge in [0.2, 0.25) is 5.78 Å². The minimum absolute atomic E-state index is 0.0388. The minimum Gasteiger partial charge on any atom is -0.287 e. The molecule has 1 nitrogen and oxygen atoms in total. The number of thiophene rings is 2. The molecular weight excluding hydrogens is 283 g/mol. The van der Waals surface area contributed by atoms with E-state index in [9.17, 15) is 4.79 Å². The zero-order chi connectivity index (χ0) is 11.9. The number of hydrogen-bond donors (Lipinski definition) is 0. The molecule has 2 rings (SSSR count). The van der Waals surface area contributed by atoms with Crippen LogP contribution >= 0.6 is 45.9 Å². The normalized spacial score (nSPS) is 10.8. The fourth-order valence-corrected chi connectivity index (χ4v) is 3.71. The van der Waals surface area contributed by atoms with Gasteiger partial charge in [0.1, 0.15) is 0 Å². The van der Waals surface area contributed by atoms with Crippen molar-refractivity contribution in [2.45, 2.75) is 13.8 Å². The first-order valence-electron chi connectivity index (χ1n) is 4.55. The Morgan fingerprint density at radius 3 is 2.38 bits per heavy atom. The Labute approximate surface area is 112 Å². The van der Waals surface area contributed by atoms with Crippen LogP contribution in [0.2, 0.25) is 9.36 Å². The predicted octanol–water partition coefficient (Wildman–Crippen LogP) is 4.96. The Morgan fingerprint density at radius 1 is 1.25 bits per heavy atom. The first-order valence-corrected chi connectivity index (χ1v) is 7.00. The van der Waals surface area contributed by atoms with Crippen LogP contribution in [0.4, 0.5) is 0 Å². The number of ketones is 1. The van der Waals surface area contributed by atoms with Crippen molar-refractivity contribution >= 4 is 51.7 Å². The van der Waals surface area contributed by atoms with Gasteiger partial charge < -0.3 is 0 Å². The maximum atomic E-state index is 12.1. The van der Waals surface area contributed by atoms with Gasteiger partial charge in [0, 0.05) is 0 Å². The van der Waals surface area contributed by atoms with Crippen LogP contribution in [0, 0.1) is 13.8 Å². The molecule has 0 atom stereocenters. The highest BCUT2D eigenvalue weighted by Gasteiger charge is 2.19. The summed E-state index contributed by atoms with van der Waals surface area (Å²) in [6.45, 7) is 3.78. The van der Waals surface area contributed by atoms with Crippen LogP contribution in [-0.2, 0) is 0 Å². The number of rotatable bonds is 2. The summed E-state index contributed by atoms with van der Waals surface area (Å²) in [4.78, 5) is 13.4. The van der Waals surface area contributed by atoms with E-state index in [0.29, 0.717) is 19.1 Å². The summed E-state index contributed by atoms with van der Waals surface area (Å²) >= 11 is 14.7. The molecule has 0 amide bonds. The summed E-state index contributed by atoms with van der Waals surface area (Å²) in [5.41, 5.74) is 1.87. The highest BCUT2D eigenvalue weighted by molar-refractivity contribution is 7.20. The molecule has 0 saturated carbocycles. The van der Waals surface area contributed by atoms with Gasteiger partial charge in [0.05, 0.1) is 19.1 Å². The molecule has 0 aromatic carbocycles. The number of aryl methyl sites for hydroxylation is 2. The number of hydrogen-bond acceptors (Lipinski definition) is 3. The number of halogens is 2. The summed E-state index contributed by atoms with van der Waals surface area (Å²) < 4.78 is 0.660. The molecule has 2 heterocycles. The van der Waals surface area contributed by atoms with Gasteiger partial charge in [0.25, 0.3) is 0 Å². The Hall–Kier alpha value is -0.350. The third-order valence-corrected chi connectivity index (χ3v) is 5.44. The standard InChI is InChI=1S/C11H8Cl2OS2/c1-5-3-7(16-11(5)13)9(14)10-8(12)6(2)4-15-10/h3-4H,1-2H3. The van der Waals surface area contributed by atoms with Crippen LogP contribution in [0.25, 0.3) is 0 Å². The van der Waals surface area contributed by atoms with E-state index in [1.165, 1.54) is 22.7 Å². The van der Waals surface area contributed by atoms with E-state index in [4.69, 9.17) is 23.2 Å². The second-order valence-corrected chi connectivity index (χ2v) is 6.37. The molecule has 0 spiro atoms. The van der Waals surface area contributed by atoms with Gasteiger partial charge in [-0.05, 0) is 36.4 Å². The second-order valence-electron chi connectivity index (χ2n) is 3.46. The van der Waals surface area contributed by atoms with Crippen molar-refractivity contribution in [3.05, 3.63) is 41.7 Å². The zero-order valence-electron chi connectivity index (χ0n) is 8.64. The van der Waals surface area contributed by atoms with Crippen molar-refractivity contribution in [1.82, 2.24) is 0 Å². The van der Waals surface area contributed by atoms with Gasteiger partial charge in [-0.2, -0.15) is 0 Å². The van der Waals surface area contributed by atoms with Crippen LogP contribution in [-0.4, -0.2) is 5.78 Å². The van der Waals surface area contributed by atoms with Gasteiger partial charge in [-0.1, -0.05) is 23.2 Å². The first kappa shape index (κ1) is 12.1. The Bertz CT molecular complexity index is 535. The van der Waals surface area contributed by atoms with Gasteiger partial charge in [-0.3, -0.25) is 4.79 Å². The predicted molar refractivity (Wildman–Crippen MR) is 71.6 cm³/mol. The smallest absolute Gasteiger partial charge is 0.214 e. The Morgan fingerprint density at radius 2 is 1.94 bits per heavy atom. The number of carbonyl (C=O) groups is 1. The molecule has 5 heteroatoms. The van der Waals surface area contributed by atoms with Crippen molar-refractivity contribution in [2.75, 3.05) is 0 Å². The molecular formula is C11H8Cl2OS2. The quantitative estimate of drug-likeness (QED) is 0.714. The van der Waals surface area contributed by atoms with Crippen LogP contribution in [0.3, 0.4) is 0 Å². The van der Waals surface area contributed by atoms with Crippen LogP contribution in [0.1, 0.15) is 25.7 Å². The van der Waals surface area contributed by atoms with Crippen LogP contribution < -0.4 is 0 Å². The summed E-state index contributed by atoms with van der Waals surface area (Å²) in [6, 6.07) is 1.81. The maximum Gasteiger partial charge on any atom is 0.214 e. The van der Waals surface area contributed by atoms with Crippen LogP contribution in [0.15, 0.2) is 11.4 Å². The van der Waals surface area contributed by atoms with E-state index in [1.807, 2.05) is 19.2 Å². The van der Waals surface area contributed by atoms with Gasteiger partial charge in [-0.25, -0.2) is 0 Å². The molecule has 2 aromatic rings. The molecule has 2 aromatic heterocycles. The molecule has 0 aliphatic rings. The molecule has 0 fully saturated rings. The van der Waals surface area contributed by atoms with Crippen LogP contribution in [0.5, 0.6) is 0 Å². The summed E-state index contributed by atoms with van der Waals surface area (Å²) in [7, 11) is 0. The molecule has 0 unspecified atom stereocenters. The third-order valence-electron chi connectivity index (χ3n) is 2.19. The fourth-order valence-electron chi connectivity index (χ4n) is 1.27. The lowest BCUT2D eigenvalue weighted by molar-refractivity contribution is 0.104. The summed E-state index contributed by atoms with van der Waals surface area (Å²) in [5, 5.41) is 2.44. The van der Waals surface area contributed by atoms with Gasteiger partial charge >= 0.3 is 0 Å². The lowest BCUT2D eigenvalue weighted by atomic mass is 10.2. The summed E-state index contributed by atoms with van der Waals surface area (Å²) in [6.07, 6.45) is 0. The third kappa shape index (κ3) is 2.05. The fraction of sp³-hybridized carbons (Fsp3) is 0.182. The molecule has 0 aliphatic heterocycles. The monoisotopic (exact) mass is 290 g/mol. The molecule has 84 valence electrons. The van der Waals surface area contributed by atoms with Gasteiger partial charge in [0.15, 0.2) is 0 Å².